The maximum absolute atomic E-state index is 11.3. The van der Waals surface area contributed by atoms with E-state index >= 15 is 0 Å². The molecule has 2 heterocycles. The lowest BCUT2D eigenvalue weighted by Crippen LogP contribution is -2.38. The molecule has 0 unspecified atom stereocenters. The third-order valence-corrected chi connectivity index (χ3v) is 6.42. The molecule has 0 saturated carbocycles. The second-order valence-corrected chi connectivity index (χ2v) is 7.97. The molecular formula is C13H22O4S2. The van der Waals surface area contributed by atoms with Crippen molar-refractivity contribution < 1.29 is 19.4 Å². The lowest BCUT2D eigenvalue weighted by molar-refractivity contribution is -0.150. The Labute approximate surface area is 123 Å². The third kappa shape index (κ3) is 5.17. The van der Waals surface area contributed by atoms with Gasteiger partial charge in [-0.1, -0.05) is 0 Å². The van der Waals surface area contributed by atoms with Crippen molar-refractivity contribution in [3.05, 3.63) is 0 Å². The highest BCUT2D eigenvalue weighted by molar-refractivity contribution is 8.17. The summed E-state index contributed by atoms with van der Waals surface area (Å²) >= 11 is 3.97. The van der Waals surface area contributed by atoms with Gasteiger partial charge in [0, 0.05) is 6.42 Å². The SMILES string of the molecule is COC(=O)C[C@@H]1C[C@@H](O)C[C@@H](CC2SCCCS2)O1. The Bertz CT molecular complexity index is 294. The minimum atomic E-state index is -0.355. The second kappa shape index (κ2) is 7.76. The van der Waals surface area contributed by atoms with Crippen molar-refractivity contribution in [3.8, 4) is 0 Å². The van der Waals surface area contributed by atoms with Gasteiger partial charge >= 0.3 is 5.97 Å². The molecule has 1 N–H and O–H groups in total. The predicted molar refractivity (Wildman–Crippen MR) is 78.5 cm³/mol. The maximum Gasteiger partial charge on any atom is 0.308 e. The Kier molecular flexibility index (Phi) is 6.32. The first-order valence-corrected chi connectivity index (χ1v) is 8.90. The van der Waals surface area contributed by atoms with Gasteiger partial charge in [0.05, 0.1) is 36.4 Å². The Balaban J connectivity index is 1.81. The molecule has 0 amide bonds. The summed E-state index contributed by atoms with van der Waals surface area (Å²) in [5, 5.41) is 9.92. The summed E-state index contributed by atoms with van der Waals surface area (Å²) in [4.78, 5) is 11.3. The van der Waals surface area contributed by atoms with Crippen LogP contribution in [0.3, 0.4) is 0 Å². The van der Waals surface area contributed by atoms with Crippen molar-refractivity contribution in [2.75, 3.05) is 18.6 Å². The van der Waals surface area contributed by atoms with Crippen molar-refractivity contribution in [2.24, 2.45) is 0 Å². The van der Waals surface area contributed by atoms with E-state index in [1.54, 1.807) is 0 Å². The summed E-state index contributed by atoms with van der Waals surface area (Å²) in [6.45, 7) is 0. The summed E-state index contributed by atoms with van der Waals surface area (Å²) in [6.07, 6.45) is 3.24. The van der Waals surface area contributed by atoms with Crippen LogP contribution in [-0.2, 0) is 14.3 Å². The number of hydrogen-bond acceptors (Lipinski definition) is 6. The van der Waals surface area contributed by atoms with Gasteiger partial charge in [-0.2, -0.15) is 0 Å². The monoisotopic (exact) mass is 306 g/mol. The molecule has 6 heteroatoms. The number of rotatable bonds is 4. The second-order valence-electron chi connectivity index (χ2n) is 5.05. The number of hydrogen-bond donors (Lipinski definition) is 1. The Morgan fingerprint density at radius 2 is 2.00 bits per heavy atom. The predicted octanol–water partition coefficient (Wildman–Crippen LogP) is 2.04. The zero-order chi connectivity index (χ0) is 13.7. The zero-order valence-electron chi connectivity index (χ0n) is 11.2. The normalized spacial score (nSPS) is 33.1. The molecule has 0 spiro atoms. The van der Waals surface area contributed by atoms with Crippen molar-refractivity contribution in [1.29, 1.82) is 0 Å². The number of aliphatic hydroxyl groups is 1. The van der Waals surface area contributed by atoms with Gasteiger partial charge in [-0.05, 0) is 30.8 Å². The van der Waals surface area contributed by atoms with E-state index in [1.807, 2.05) is 23.5 Å². The number of aliphatic hydroxyl groups excluding tert-OH is 1. The third-order valence-electron chi connectivity index (χ3n) is 3.43. The molecule has 0 aliphatic carbocycles. The first-order valence-electron chi connectivity index (χ1n) is 6.81. The van der Waals surface area contributed by atoms with Gasteiger partial charge in [0.15, 0.2) is 0 Å². The van der Waals surface area contributed by atoms with Crippen LogP contribution in [-0.4, -0.2) is 52.6 Å². The van der Waals surface area contributed by atoms with E-state index in [-0.39, 0.29) is 30.7 Å². The quantitative estimate of drug-likeness (QED) is 0.802. The molecule has 110 valence electrons. The Morgan fingerprint density at radius 1 is 1.32 bits per heavy atom. The maximum atomic E-state index is 11.3. The van der Waals surface area contributed by atoms with Crippen LogP contribution in [0.15, 0.2) is 0 Å². The molecule has 0 bridgehead atoms. The molecule has 2 aliphatic heterocycles. The van der Waals surface area contributed by atoms with E-state index in [4.69, 9.17) is 4.74 Å². The molecular weight excluding hydrogens is 284 g/mol. The lowest BCUT2D eigenvalue weighted by Gasteiger charge is -2.35. The van der Waals surface area contributed by atoms with Crippen LogP contribution < -0.4 is 0 Å². The number of esters is 1. The smallest absolute Gasteiger partial charge is 0.308 e. The zero-order valence-corrected chi connectivity index (χ0v) is 12.9. The minimum Gasteiger partial charge on any atom is -0.469 e. The molecule has 4 nitrogen and oxygen atoms in total. The van der Waals surface area contributed by atoms with E-state index in [1.165, 1.54) is 25.0 Å². The van der Waals surface area contributed by atoms with Crippen LogP contribution in [0.25, 0.3) is 0 Å². The van der Waals surface area contributed by atoms with Crippen molar-refractivity contribution in [2.45, 2.75) is 55.0 Å². The number of thioether (sulfide) groups is 2. The lowest BCUT2D eigenvalue weighted by atomic mass is 9.98. The summed E-state index contributed by atoms with van der Waals surface area (Å²) in [5.74, 6) is 2.18. The molecule has 19 heavy (non-hydrogen) atoms. The molecule has 0 aromatic carbocycles. The molecule has 0 radical (unpaired) electrons. The van der Waals surface area contributed by atoms with Crippen LogP contribution >= 0.6 is 23.5 Å². The van der Waals surface area contributed by atoms with Gasteiger partial charge in [0.1, 0.15) is 0 Å². The number of ether oxygens (including phenoxy) is 2. The van der Waals surface area contributed by atoms with E-state index in [9.17, 15) is 9.90 Å². The van der Waals surface area contributed by atoms with Crippen molar-refractivity contribution in [1.82, 2.24) is 0 Å². The van der Waals surface area contributed by atoms with Gasteiger partial charge in [0.25, 0.3) is 0 Å². The molecule has 0 aromatic rings. The molecule has 2 saturated heterocycles. The van der Waals surface area contributed by atoms with E-state index in [0.29, 0.717) is 17.4 Å². The first-order chi connectivity index (χ1) is 9.17. The summed E-state index contributed by atoms with van der Waals surface area (Å²) in [7, 11) is 1.38. The van der Waals surface area contributed by atoms with Gasteiger partial charge in [-0.3, -0.25) is 4.79 Å². The van der Waals surface area contributed by atoms with Gasteiger partial charge < -0.3 is 14.6 Å². The Morgan fingerprint density at radius 3 is 2.68 bits per heavy atom. The average Bonchev–Trinajstić information content (AvgIpc) is 2.39. The average molecular weight is 306 g/mol. The molecule has 3 atom stereocenters. The Hall–Kier alpha value is 0.0900. The van der Waals surface area contributed by atoms with E-state index < -0.39 is 0 Å². The number of carbonyl (C=O) groups excluding carboxylic acids is 1. The largest absolute Gasteiger partial charge is 0.469 e. The highest BCUT2D eigenvalue weighted by Gasteiger charge is 2.32. The number of methoxy groups -OCH3 is 1. The summed E-state index contributed by atoms with van der Waals surface area (Å²) in [6, 6.07) is 0. The first kappa shape index (κ1) is 15.5. The van der Waals surface area contributed by atoms with E-state index in [2.05, 4.69) is 4.74 Å². The van der Waals surface area contributed by atoms with Crippen molar-refractivity contribution in [3.63, 3.8) is 0 Å². The highest BCUT2D eigenvalue weighted by atomic mass is 32.2. The molecule has 2 fully saturated rings. The van der Waals surface area contributed by atoms with Gasteiger partial charge in [-0.15, -0.1) is 23.5 Å². The van der Waals surface area contributed by atoms with Crippen molar-refractivity contribution >= 4 is 29.5 Å². The van der Waals surface area contributed by atoms with Crippen LogP contribution in [0.2, 0.25) is 0 Å². The van der Waals surface area contributed by atoms with Gasteiger partial charge in [0.2, 0.25) is 0 Å². The van der Waals surface area contributed by atoms with Crippen LogP contribution in [0.5, 0.6) is 0 Å². The van der Waals surface area contributed by atoms with Gasteiger partial charge in [-0.25, -0.2) is 0 Å². The topological polar surface area (TPSA) is 55.8 Å². The minimum absolute atomic E-state index is 0.0708. The summed E-state index contributed by atoms with van der Waals surface area (Å²) in [5.41, 5.74) is 0. The fourth-order valence-corrected chi connectivity index (χ4v) is 5.52. The van der Waals surface area contributed by atoms with Crippen LogP contribution in [0.4, 0.5) is 0 Å². The van der Waals surface area contributed by atoms with Crippen LogP contribution in [0.1, 0.15) is 32.1 Å². The standard InChI is InChI=1S/C13H22O4S2/c1-16-12(15)7-10-5-9(14)6-11(17-10)8-13-18-3-2-4-19-13/h9-11,13-14H,2-8H2,1H3/t9-,10+,11+/m1/s1. The fourth-order valence-electron chi connectivity index (χ4n) is 2.53. The van der Waals surface area contributed by atoms with E-state index in [0.717, 1.165) is 6.42 Å². The number of carbonyl (C=O) groups is 1. The highest BCUT2D eigenvalue weighted by Crippen LogP contribution is 2.36. The van der Waals surface area contributed by atoms with Crippen LogP contribution in [0, 0.1) is 0 Å². The summed E-state index contributed by atoms with van der Waals surface area (Å²) < 4.78 is 11.2. The molecule has 2 rings (SSSR count). The molecule has 0 aromatic heterocycles. The molecule has 2 aliphatic rings. The fraction of sp³-hybridized carbons (Fsp3) is 0.923.